The van der Waals surface area contributed by atoms with Gasteiger partial charge in [-0.25, -0.2) is 0 Å². The van der Waals surface area contributed by atoms with Crippen molar-refractivity contribution >= 4 is 11.9 Å². The number of carbonyl (C=O) groups excluding carboxylic acids is 2. The van der Waals surface area contributed by atoms with Gasteiger partial charge in [-0.3, -0.25) is 14.9 Å². The summed E-state index contributed by atoms with van der Waals surface area (Å²) in [7, 11) is 1.01. The summed E-state index contributed by atoms with van der Waals surface area (Å²) in [6.07, 6.45) is -4.78. The zero-order valence-corrected chi connectivity index (χ0v) is 14.1. The fourth-order valence-corrected chi connectivity index (χ4v) is 3.15. The number of benzene rings is 1. The van der Waals surface area contributed by atoms with Crippen molar-refractivity contribution in [2.45, 2.75) is 32.1 Å². The molecule has 0 radical (unpaired) electrons. The molecule has 2 rings (SSSR count). The van der Waals surface area contributed by atoms with Gasteiger partial charge in [0.15, 0.2) is 0 Å². The Bertz CT molecular complexity index is 630. The molecule has 0 saturated carbocycles. The van der Waals surface area contributed by atoms with E-state index in [-0.39, 0.29) is 6.61 Å². The fourth-order valence-electron chi connectivity index (χ4n) is 3.15. The first-order valence-corrected chi connectivity index (χ1v) is 7.84. The smallest absolute Gasteiger partial charge is 0.394 e. The van der Waals surface area contributed by atoms with Crippen molar-refractivity contribution in [2.24, 2.45) is 11.8 Å². The van der Waals surface area contributed by atoms with E-state index in [9.17, 15) is 22.8 Å². The average molecular weight is 359 g/mol. The number of ether oxygens (including phenoxy) is 2. The van der Waals surface area contributed by atoms with Crippen LogP contribution in [0.15, 0.2) is 24.3 Å². The predicted molar refractivity (Wildman–Crippen MR) is 82.5 cm³/mol. The van der Waals surface area contributed by atoms with Crippen LogP contribution in [0.2, 0.25) is 0 Å². The number of rotatable bonds is 4. The first-order valence-electron chi connectivity index (χ1n) is 7.84. The van der Waals surface area contributed by atoms with Gasteiger partial charge >= 0.3 is 18.1 Å². The molecule has 0 aliphatic carbocycles. The normalized spacial score (nSPS) is 26.3. The first-order chi connectivity index (χ1) is 11.7. The lowest BCUT2D eigenvalue weighted by Gasteiger charge is -2.25. The van der Waals surface area contributed by atoms with E-state index in [2.05, 4.69) is 10.1 Å². The third-order valence-corrected chi connectivity index (χ3v) is 4.29. The molecule has 1 saturated heterocycles. The molecule has 4 atom stereocenters. The van der Waals surface area contributed by atoms with Crippen molar-refractivity contribution in [2.75, 3.05) is 13.7 Å². The van der Waals surface area contributed by atoms with Crippen molar-refractivity contribution < 1.29 is 32.2 Å². The lowest BCUT2D eigenvalue weighted by atomic mass is 9.83. The van der Waals surface area contributed by atoms with Gasteiger partial charge in [0.1, 0.15) is 6.04 Å². The van der Waals surface area contributed by atoms with Gasteiger partial charge < -0.3 is 9.47 Å². The summed E-state index contributed by atoms with van der Waals surface area (Å²) in [4.78, 5) is 24.2. The maximum absolute atomic E-state index is 13.7. The Balaban J connectivity index is 2.50. The molecule has 0 aromatic heterocycles. The van der Waals surface area contributed by atoms with E-state index in [4.69, 9.17) is 4.74 Å². The van der Waals surface area contributed by atoms with Crippen LogP contribution in [0, 0.1) is 18.8 Å². The Morgan fingerprint density at radius 1 is 1.16 bits per heavy atom. The molecule has 25 heavy (non-hydrogen) atoms. The van der Waals surface area contributed by atoms with Gasteiger partial charge in [0.05, 0.1) is 25.6 Å². The van der Waals surface area contributed by atoms with Crippen LogP contribution >= 0.6 is 0 Å². The Labute approximate surface area is 143 Å². The summed E-state index contributed by atoms with van der Waals surface area (Å²) >= 11 is 0. The topological polar surface area (TPSA) is 64.6 Å². The highest BCUT2D eigenvalue weighted by Gasteiger charge is 2.62. The molecular weight excluding hydrogens is 339 g/mol. The molecule has 1 N–H and O–H groups in total. The number of alkyl halides is 3. The monoisotopic (exact) mass is 359 g/mol. The number of aryl methyl sites for hydroxylation is 1. The SMILES string of the molecule is CCOC(=O)[C@H]1[C@@H](C(F)(F)F)[C@H](C(=O)OC)N[C@@H]1c1ccc(C)cc1. The molecule has 1 heterocycles. The number of hydrogen-bond acceptors (Lipinski definition) is 5. The molecule has 0 unspecified atom stereocenters. The number of nitrogens with one attached hydrogen (secondary N) is 1. The Morgan fingerprint density at radius 3 is 2.24 bits per heavy atom. The molecule has 1 aliphatic heterocycles. The Kier molecular flexibility index (Phi) is 5.72. The number of methoxy groups -OCH3 is 1. The number of halogens is 3. The highest BCUT2D eigenvalue weighted by molar-refractivity contribution is 5.81. The lowest BCUT2D eigenvalue weighted by Crippen LogP contribution is -2.45. The quantitative estimate of drug-likeness (QED) is 0.837. The van der Waals surface area contributed by atoms with Crippen LogP contribution in [0.3, 0.4) is 0 Å². The molecule has 1 fully saturated rings. The number of hydrogen-bond donors (Lipinski definition) is 1. The Hall–Kier alpha value is -2.09. The van der Waals surface area contributed by atoms with Crippen LogP contribution in [0.25, 0.3) is 0 Å². The minimum absolute atomic E-state index is 0.0522. The van der Waals surface area contributed by atoms with Crippen molar-refractivity contribution in [1.82, 2.24) is 5.32 Å². The van der Waals surface area contributed by atoms with Crippen LogP contribution in [0.4, 0.5) is 13.2 Å². The van der Waals surface area contributed by atoms with E-state index >= 15 is 0 Å². The standard InChI is InChI=1S/C17H20F3NO4/c1-4-25-15(22)11-12(17(18,19)20)14(16(23)24-3)21-13(11)10-7-5-9(2)6-8-10/h5-8,11-14,21H,4H2,1-3H3/t11-,12+,13+,14+/m0/s1. The average Bonchev–Trinajstić information content (AvgIpc) is 2.96. The van der Waals surface area contributed by atoms with Crippen molar-refractivity contribution in [1.29, 1.82) is 0 Å². The van der Waals surface area contributed by atoms with Crippen LogP contribution < -0.4 is 5.32 Å². The second-order valence-electron chi connectivity index (χ2n) is 5.90. The second-order valence-corrected chi connectivity index (χ2v) is 5.90. The highest BCUT2D eigenvalue weighted by atomic mass is 19.4. The van der Waals surface area contributed by atoms with Crippen LogP contribution in [-0.4, -0.2) is 37.9 Å². The minimum atomic E-state index is -4.78. The van der Waals surface area contributed by atoms with Crippen molar-refractivity contribution in [3.05, 3.63) is 35.4 Å². The van der Waals surface area contributed by atoms with E-state index in [0.29, 0.717) is 5.56 Å². The predicted octanol–water partition coefficient (Wildman–Crippen LogP) is 2.54. The molecule has 8 heteroatoms. The summed E-state index contributed by atoms with van der Waals surface area (Å²) in [5.74, 6) is -5.86. The Morgan fingerprint density at radius 2 is 1.76 bits per heavy atom. The molecule has 5 nitrogen and oxygen atoms in total. The third-order valence-electron chi connectivity index (χ3n) is 4.29. The van der Waals surface area contributed by atoms with Gasteiger partial charge in [-0.2, -0.15) is 13.2 Å². The third kappa shape index (κ3) is 3.95. The van der Waals surface area contributed by atoms with Gasteiger partial charge in [-0.05, 0) is 19.4 Å². The van der Waals surface area contributed by atoms with Gasteiger partial charge in [0.25, 0.3) is 0 Å². The summed E-state index contributed by atoms with van der Waals surface area (Å²) < 4.78 is 50.3. The second kappa shape index (κ2) is 7.43. The molecule has 1 aromatic rings. The number of esters is 2. The zero-order chi connectivity index (χ0) is 18.8. The summed E-state index contributed by atoms with van der Waals surface area (Å²) in [6, 6.07) is 4.04. The van der Waals surface area contributed by atoms with Crippen LogP contribution in [-0.2, 0) is 19.1 Å². The highest BCUT2D eigenvalue weighted by Crippen LogP contribution is 2.46. The van der Waals surface area contributed by atoms with Gasteiger partial charge in [-0.1, -0.05) is 29.8 Å². The molecule has 1 aromatic carbocycles. The summed E-state index contributed by atoms with van der Waals surface area (Å²) in [5.41, 5.74) is 1.40. The molecule has 0 spiro atoms. The van der Waals surface area contributed by atoms with Gasteiger partial charge in [0.2, 0.25) is 0 Å². The summed E-state index contributed by atoms with van der Waals surface area (Å²) in [5, 5.41) is 2.63. The minimum Gasteiger partial charge on any atom is -0.468 e. The number of carbonyl (C=O) groups is 2. The maximum Gasteiger partial charge on any atom is 0.394 e. The maximum atomic E-state index is 13.7. The van der Waals surface area contributed by atoms with Crippen LogP contribution in [0.5, 0.6) is 0 Å². The zero-order valence-electron chi connectivity index (χ0n) is 14.1. The van der Waals surface area contributed by atoms with Crippen molar-refractivity contribution in [3.8, 4) is 0 Å². The van der Waals surface area contributed by atoms with Crippen molar-refractivity contribution in [3.63, 3.8) is 0 Å². The molecule has 0 amide bonds. The lowest BCUT2D eigenvalue weighted by molar-refractivity contribution is -0.200. The van der Waals surface area contributed by atoms with E-state index in [1.807, 2.05) is 6.92 Å². The van der Waals surface area contributed by atoms with Gasteiger partial charge in [-0.15, -0.1) is 0 Å². The van der Waals surface area contributed by atoms with Crippen LogP contribution in [0.1, 0.15) is 24.1 Å². The van der Waals surface area contributed by atoms with E-state index in [1.54, 1.807) is 24.3 Å². The fraction of sp³-hybridized carbons (Fsp3) is 0.529. The summed E-state index contributed by atoms with van der Waals surface area (Å²) in [6.45, 7) is 3.30. The van der Waals surface area contributed by atoms with E-state index in [1.165, 1.54) is 6.92 Å². The van der Waals surface area contributed by atoms with Gasteiger partial charge in [0, 0.05) is 6.04 Å². The largest absolute Gasteiger partial charge is 0.468 e. The molecule has 0 bridgehead atoms. The first kappa shape index (κ1) is 19.2. The molecule has 1 aliphatic rings. The molecular formula is C17H20F3NO4. The molecule has 138 valence electrons. The van der Waals surface area contributed by atoms with E-state index < -0.39 is 42.0 Å². The van der Waals surface area contributed by atoms with E-state index in [0.717, 1.165) is 12.7 Å².